The lowest BCUT2D eigenvalue weighted by molar-refractivity contribution is -0.130. The maximum Gasteiger partial charge on any atom is 0.265 e. The van der Waals surface area contributed by atoms with Gasteiger partial charge in [-0.1, -0.05) is 6.92 Å². The van der Waals surface area contributed by atoms with E-state index in [2.05, 4.69) is 15.9 Å². The Bertz CT molecular complexity index is 475. The molecule has 0 saturated carbocycles. The second-order valence-electron chi connectivity index (χ2n) is 4.48. The molecule has 1 aliphatic heterocycles. The number of thiophene rings is 1. The van der Waals surface area contributed by atoms with Crippen LogP contribution in [-0.4, -0.2) is 47.8 Å². The van der Waals surface area contributed by atoms with Crippen molar-refractivity contribution in [1.82, 2.24) is 9.80 Å². The van der Waals surface area contributed by atoms with Gasteiger partial charge in [0.15, 0.2) is 0 Å². The Kier molecular flexibility index (Phi) is 4.99. The molecule has 1 fully saturated rings. The van der Waals surface area contributed by atoms with E-state index in [9.17, 15) is 9.59 Å². The Morgan fingerprint density at radius 1 is 1.26 bits per heavy atom. The van der Waals surface area contributed by atoms with Crippen LogP contribution in [0.25, 0.3) is 0 Å². The first-order valence-electron chi connectivity index (χ1n) is 6.43. The van der Waals surface area contributed by atoms with Gasteiger partial charge in [-0.15, -0.1) is 11.3 Å². The third-order valence-electron chi connectivity index (χ3n) is 3.25. The summed E-state index contributed by atoms with van der Waals surface area (Å²) in [5.41, 5.74) is 0. The highest BCUT2D eigenvalue weighted by atomic mass is 79.9. The molecular weight excluding hydrogens is 328 g/mol. The minimum atomic E-state index is 0.0627. The van der Waals surface area contributed by atoms with E-state index in [0.717, 1.165) is 28.9 Å². The molecule has 0 spiro atoms. The summed E-state index contributed by atoms with van der Waals surface area (Å²) < 4.78 is 0.855. The largest absolute Gasteiger partial charge is 0.341 e. The summed E-state index contributed by atoms with van der Waals surface area (Å²) in [6.07, 6.45) is 1.38. The molecule has 1 aromatic rings. The number of hydrogen-bond donors (Lipinski definition) is 0. The van der Waals surface area contributed by atoms with Crippen LogP contribution in [0.15, 0.2) is 15.9 Å². The van der Waals surface area contributed by atoms with Crippen molar-refractivity contribution in [1.29, 1.82) is 0 Å². The molecule has 104 valence electrons. The lowest BCUT2D eigenvalue weighted by atomic mass is 10.3. The highest BCUT2D eigenvalue weighted by Crippen LogP contribution is 2.24. The van der Waals surface area contributed by atoms with E-state index in [1.807, 2.05) is 28.2 Å². The van der Waals surface area contributed by atoms with E-state index in [1.54, 1.807) is 0 Å². The molecule has 2 heterocycles. The van der Waals surface area contributed by atoms with Crippen molar-refractivity contribution in [2.45, 2.75) is 19.8 Å². The zero-order valence-corrected chi connectivity index (χ0v) is 13.3. The van der Waals surface area contributed by atoms with Gasteiger partial charge in [-0.25, -0.2) is 0 Å². The molecule has 6 heteroatoms. The van der Waals surface area contributed by atoms with Crippen LogP contribution in [0.1, 0.15) is 29.4 Å². The monoisotopic (exact) mass is 344 g/mol. The zero-order chi connectivity index (χ0) is 13.8. The molecule has 1 saturated heterocycles. The van der Waals surface area contributed by atoms with Gasteiger partial charge in [0.2, 0.25) is 5.91 Å². The molecule has 0 aliphatic carbocycles. The summed E-state index contributed by atoms with van der Waals surface area (Å²) in [4.78, 5) is 28.5. The lowest BCUT2D eigenvalue weighted by Crippen LogP contribution is -2.37. The Morgan fingerprint density at radius 2 is 1.95 bits per heavy atom. The van der Waals surface area contributed by atoms with Crippen molar-refractivity contribution in [3.8, 4) is 0 Å². The molecule has 0 atom stereocenters. The van der Waals surface area contributed by atoms with Gasteiger partial charge < -0.3 is 9.80 Å². The highest BCUT2D eigenvalue weighted by molar-refractivity contribution is 9.10. The van der Waals surface area contributed by atoms with Crippen LogP contribution >= 0.6 is 27.3 Å². The van der Waals surface area contributed by atoms with Crippen LogP contribution in [0.2, 0.25) is 0 Å². The highest BCUT2D eigenvalue weighted by Gasteiger charge is 2.23. The summed E-state index contributed by atoms with van der Waals surface area (Å²) in [7, 11) is 0. The second-order valence-corrected chi connectivity index (χ2v) is 6.25. The van der Waals surface area contributed by atoms with E-state index in [-0.39, 0.29) is 11.8 Å². The predicted molar refractivity (Wildman–Crippen MR) is 79.4 cm³/mol. The fraction of sp³-hybridized carbons (Fsp3) is 0.538. The molecular formula is C13H17BrN2O2S. The van der Waals surface area contributed by atoms with Gasteiger partial charge >= 0.3 is 0 Å². The maximum absolute atomic E-state index is 12.4. The molecule has 4 nitrogen and oxygen atoms in total. The smallest absolute Gasteiger partial charge is 0.265 e. The van der Waals surface area contributed by atoms with Gasteiger partial charge in [-0.05, 0) is 33.8 Å². The van der Waals surface area contributed by atoms with Gasteiger partial charge in [-0.3, -0.25) is 9.59 Å². The van der Waals surface area contributed by atoms with Gasteiger partial charge in [0.25, 0.3) is 5.91 Å². The van der Waals surface area contributed by atoms with Crippen LogP contribution in [0.3, 0.4) is 0 Å². The Morgan fingerprint density at radius 3 is 2.58 bits per heavy atom. The number of carbonyl (C=O) groups is 2. The number of amides is 2. The fourth-order valence-electron chi connectivity index (χ4n) is 2.18. The first kappa shape index (κ1) is 14.5. The molecule has 1 aromatic heterocycles. The summed E-state index contributed by atoms with van der Waals surface area (Å²) in [6, 6.07) is 1.89. The predicted octanol–water partition coefficient (Wildman–Crippen LogP) is 2.60. The molecule has 1 aliphatic rings. The van der Waals surface area contributed by atoms with Crippen LogP contribution in [-0.2, 0) is 4.79 Å². The number of hydrogen-bond acceptors (Lipinski definition) is 3. The van der Waals surface area contributed by atoms with Crippen molar-refractivity contribution in [2.24, 2.45) is 0 Å². The molecule has 0 N–H and O–H groups in total. The Labute approximate surface area is 125 Å². The topological polar surface area (TPSA) is 40.6 Å². The van der Waals surface area contributed by atoms with Crippen LogP contribution in [0.5, 0.6) is 0 Å². The van der Waals surface area contributed by atoms with Crippen LogP contribution in [0.4, 0.5) is 0 Å². The number of nitrogens with zero attached hydrogens (tertiary/aromatic N) is 2. The van der Waals surface area contributed by atoms with Crippen molar-refractivity contribution in [3.63, 3.8) is 0 Å². The molecule has 0 unspecified atom stereocenters. The third-order valence-corrected chi connectivity index (χ3v) is 5.08. The normalized spacial score (nSPS) is 16.3. The maximum atomic E-state index is 12.4. The average Bonchev–Trinajstić information content (AvgIpc) is 2.70. The molecule has 19 heavy (non-hydrogen) atoms. The van der Waals surface area contributed by atoms with Crippen molar-refractivity contribution in [3.05, 3.63) is 20.8 Å². The van der Waals surface area contributed by atoms with E-state index >= 15 is 0 Å². The SMILES string of the molecule is CCC(=O)N1CCCN(C(=O)c2sccc2Br)CC1. The van der Waals surface area contributed by atoms with Gasteiger partial charge in [0.1, 0.15) is 4.88 Å². The second kappa shape index (κ2) is 6.52. The standard InChI is InChI=1S/C13H17BrN2O2S/c1-2-11(17)15-5-3-6-16(8-7-15)13(18)12-10(14)4-9-19-12/h4,9H,2-3,5-8H2,1H3. The fourth-order valence-corrected chi connectivity index (χ4v) is 3.69. The summed E-state index contributed by atoms with van der Waals surface area (Å²) in [5, 5.41) is 1.90. The first-order chi connectivity index (χ1) is 9.13. The number of halogens is 1. The average molecular weight is 345 g/mol. The van der Waals surface area contributed by atoms with Crippen molar-refractivity contribution >= 4 is 39.1 Å². The van der Waals surface area contributed by atoms with E-state index in [4.69, 9.17) is 0 Å². The summed E-state index contributed by atoms with van der Waals surface area (Å²) in [6.45, 7) is 4.61. The molecule has 2 rings (SSSR count). The summed E-state index contributed by atoms with van der Waals surface area (Å²) in [5.74, 6) is 0.235. The third kappa shape index (κ3) is 3.36. The Balaban J connectivity index is 2.01. The van der Waals surface area contributed by atoms with Gasteiger partial charge in [0.05, 0.1) is 0 Å². The minimum absolute atomic E-state index is 0.0627. The van der Waals surface area contributed by atoms with Crippen LogP contribution < -0.4 is 0 Å². The molecule has 0 radical (unpaired) electrons. The summed E-state index contributed by atoms with van der Waals surface area (Å²) >= 11 is 4.85. The Hall–Kier alpha value is -0.880. The van der Waals surface area contributed by atoms with Crippen molar-refractivity contribution < 1.29 is 9.59 Å². The van der Waals surface area contributed by atoms with E-state index in [1.165, 1.54) is 11.3 Å². The minimum Gasteiger partial charge on any atom is -0.341 e. The zero-order valence-electron chi connectivity index (χ0n) is 10.9. The van der Waals surface area contributed by atoms with Gasteiger partial charge in [0, 0.05) is 37.1 Å². The molecule has 0 bridgehead atoms. The van der Waals surface area contributed by atoms with Gasteiger partial charge in [-0.2, -0.15) is 0 Å². The number of carbonyl (C=O) groups excluding carboxylic acids is 2. The van der Waals surface area contributed by atoms with Crippen molar-refractivity contribution in [2.75, 3.05) is 26.2 Å². The quantitative estimate of drug-likeness (QED) is 0.827. The van der Waals surface area contributed by atoms with Crippen LogP contribution in [0, 0.1) is 0 Å². The molecule has 2 amide bonds. The van der Waals surface area contributed by atoms with E-state index in [0.29, 0.717) is 19.5 Å². The molecule has 0 aromatic carbocycles. The first-order valence-corrected chi connectivity index (χ1v) is 8.10. The van der Waals surface area contributed by atoms with E-state index < -0.39 is 0 Å². The number of rotatable bonds is 2. The lowest BCUT2D eigenvalue weighted by Gasteiger charge is -2.21.